The minimum Gasteiger partial charge on any atom is -0.487 e. The predicted octanol–water partition coefficient (Wildman–Crippen LogP) is 6.92. The number of alkyl halides is 5. The Bertz CT molecular complexity index is 1720. The van der Waals surface area contributed by atoms with Crippen LogP contribution in [0.15, 0.2) is 59.1 Å². The monoisotopic (exact) mass is 682 g/mol. The molecule has 0 radical (unpaired) electrons. The van der Waals surface area contributed by atoms with E-state index in [1.807, 2.05) is 0 Å². The number of carbonyl (C=O) groups is 2. The summed E-state index contributed by atoms with van der Waals surface area (Å²) in [5.41, 5.74) is -0.655. The van der Waals surface area contributed by atoms with Crippen molar-refractivity contribution in [1.82, 2.24) is 14.9 Å². The van der Waals surface area contributed by atoms with Crippen LogP contribution in [0.25, 0.3) is 11.0 Å². The van der Waals surface area contributed by atoms with Crippen LogP contribution in [-0.4, -0.2) is 40.6 Å². The van der Waals surface area contributed by atoms with E-state index in [-0.39, 0.29) is 42.7 Å². The van der Waals surface area contributed by atoms with Crippen molar-refractivity contribution in [2.24, 2.45) is 12.5 Å². The van der Waals surface area contributed by atoms with Crippen LogP contribution in [0.4, 0.5) is 32.0 Å². The van der Waals surface area contributed by atoms with Gasteiger partial charge >= 0.3 is 6.18 Å². The topological polar surface area (TPSA) is 85.2 Å². The highest BCUT2D eigenvalue weighted by Crippen LogP contribution is 2.57. The van der Waals surface area contributed by atoms with Crippen LogP contribution in [0.1, 0.15) is 40.2 Å². The number of hydrogen-bond acceptors (Lipinski definition) is 4. The Morgan fingerprint density at radius 2 is 1.80 bits per heavy atom. The maximum Gasteiger partial charge on any atom is 0.403 e. The fraction of sp³-hybridized carbons (Fsp3) is 0.300. The van der Waals surface area contributed by atoms with Gasteiger partial charge in [-0.2, -0.15) is 13.2 Å². The van der Waals surface area contributed by atoms with Crippen LogP contribution in [0.5, 0.6) is 5.75 Å². The number of fused-ring (bicyclic) bond motifs is 1. The van der Waals surface area contributed by atoms with E-state index in [9.17, 15) is 35.9 Å². The molecule has 232 valence electrons. The molecule has 3 aromatic carbocycles. The number of aromatic nitrogens is 2. The maximum absolute atomic E-state index is 14.8. The van der Waals surface area contributed by atoms with Crippen LogP contribution in [0.3, 0.4) is 0 Å². The molecular weight excluding hydrogens is 658 g/mol. The first-order chi connectivity index (χ1) is 20.8. The number of ether oxygens (including phenoxy) is 1. The molecule has 0 unspecified atom stereocenters. The van der Waals surface area contributed by atoms with Crippen molar-refractivity contribution < 1.29 is 40.7 Å². The van der Waals surface area contributed by atoms with Gasteiger partial charge in [-0.1, -0.05) is 28.1 Å². The lowest BCUT2D eigenvalue weighted by Gasteiger charge is -2.18. The highest BCUT2D eigenvalue weighted by atomic mass is 79.9. The first-order valence-electron chi connectivity index (χ1n) is 13.4. The summed E-state index contributed by atoms with van der Waals surface area (Å²) in [5.74, 6) is -2.09. The number of imidazole rings is 1. The first kappa shape index (κ1) is 31.4. The zero-order valence-electron chi connectivity index (χ0n) is 23.1. The molecule has 14 heteroatoms. The van der Waals surface area contributed by atoms with Gasteiger partial charge in [0.1, 0.15) is 29.4 Å². The van der Waals surface area contributed by atoms with E-state index in [4.69, 9.17) is 4.74 Å². The number of carbonyl (C=O) groups excluding carboxylic acids is 2. The molecular formula is C30H25BrF6N4O3. The smallest absolute Gasteiger partial charge is 0.403 e. The second-order valence-corrected chi connectivity index (χ2v) is 11.4. The summed E-state index contributed by atoms with van der Waals surface area (Å²) in [6.07, 6.45) is -8.04. The minimum absolute atomic E-state index is 0.0399. The summed E-state index contributed by atoms with van der Waals surface area (Å²) in [5, 5.41) is 5.00. The largest absolute Gasteiger partial charge is 0.487 e. The lowest BCUT2D eigenvalue weighted by molar-refractivity contribution is -0.192. The molecule has 44 heavy (non-hydrogen) atoms. The molecule has 5 rings (SSSR count). The fourth-order valence-corrected chi connectivity index (χ4v) is 5.03. The third-order valence-electron chi connectivity index (χ3n) is 7.43. The number of hydrogen-bond donors (Lipinski definition) is 2. The Balaban J connectivity index is 1.40. The molecule has 0 bridgehead atoms. The highest BCUT2D eigenvalue weighted by Gasteiger charge is 2.68. The Morgan fingerprint density at radius 1 is 1.09 bits per heavy atom. The lowest BCUT2D eigenvalue weighted by Crippen LogP contribution is -2.40. The van der Waals surface area contributed by atoms with E-state index in [1.165, 1.54) is 24.3 Å². The predicted molar refractivity (Wildman–Crippen MR) is 153 cm³/mol. The quantitative estimate of drug-likeness (QED) is 0.178. The average Bonchev–Trinajstić information content (AvgIpc) is 3.74. The third-order valence-corrected chi connectivity index (χ3v) is 7.95. The summed E-state index contributed by atoms with van der Waals surface area (Å²) in [7, 11) is 1.62. The van der Waals surface area contributed by atoms with Gasteiger partial charge in [0.25, 0.3) is 12.3 Å². The molecule has 1 saturated carbocycles. The van der Waals surface area contributed by atoms with Gasteiger partial charge in [0.15, 0.2) is 0 Å². The van der Waals surface area contributed by atoms with Crippen molar-refractivity contribution in [3.8, 4) is 5.75 Å². The van der Waals surface area contributed by atoms with Crippen molar-refractivity contribution in [2.75, 3.05) is 11.9 Å². The van der Waals surface area contributed by atoms with Crippen molar-refractivity contribution >= 4 is 44.5 Å². The molecule has 2 N–H and O–H groups in total. The van der Waals surface area contributed by atoms with Crippen molar-refractivity contribution in [3.63, 3.8) is 0 Å². The van der Waals surface area contributed by atoms with Crippen LogP contribution < -0.4 is 15.4 Å². The van der Waals surface area contributed by atoms with Crippen molar-refractivity contribution in [2.45, 2.75) is 38.4 Å². The van der Waals surface area contributed by atoms with Crippen LogP contribution in [0.2, 0.25) is 0 Å². The number of nitrogens with zero attached hydrogens (tertiary/aromatic N) is 2. The molecule has 1 fully saturated rings. The normalized spacial score (nSPS) is 14.1. The van der Waals surface area contributed by atoms with Gasteiger partial charge < -0.3 is 19.9 Å². The Kier molecular flexibility index (Phi) is 8.65. The lowest BCUT2D eigenvalue weighted by atomic mass is 10.0. The van der Waals surface area contributed by atoms with Gasteiger partial charge in [0.2, 0.25) is 5.91 Å². The van der Waals surface area contributed by atoms with Gasteiger partial charge in [-0.3, -0.25) is 9.59 Å². The van der Waals surface area contributed by atoms with E-state index in [2.05, 4.69) is 31.5 Å². The fourth-order valence-electron chi connectivity index (χ4n) is 4.77. The van der Waals surface area contributed by atoms with E-state index in [1.54, 1.807) is 35.9 Å². The maximum atomic E-state index is 14.8. The molecule has 0 aliphatic heterocycles. The number of nitrogens with one attached hydrogen (secondary N) is 2. The standard InChI is InChI=1S/C30H25BrF6N4O3/c1-41-23-13-24(44-15-25(33)34)20(27(42)39-19-5-3-18(31)4-6-19)12-22(23)40-26(41)11-17-10-16(2-7-21(17)32)14-38-28(43)29(8-9-29)30(35,36)37/h2-7,10,12-13,25H,8-9,11,14-15H2,1H3,(H,38,43)(H,39,42). The summed E-state index contributed by atoms with van der Waals surface area (Å²) >= 11 is 3.31. The molecule has 2 amide bonds. The number of anilines is 1. The summed E-state index contributed by atoms with van der Waals surface area (Å²) in [6.45, 7) is -1.18. The number of amides is 2. The van der Waals surface area contributed by atoms with Gasteiger partial charge in [0.05, 0.1) is 16.6 Å². The molecule has 0 spiro atoms. The van der Waals surface area contributed by atoms with Crippen molar-refractivity contribution in [1.29, 1.82) is 0 Å². The molecule has 0 saturated heterocycles. The SMILES string of the molecule is Cn1c(Cc2cc(CNC(=O)C3(C(F)(F)F)CC3)ccc2F)nc2cc(C(=O)Nc3ccc(Br)cc3)c(OCC(F)F)cc21. The number of aryl methyl sites for hydroxylation is 1. The van der Waals surface area contributed by atoms with E-state index in [0.717, 1.165) is 10.5 Å². The van der Waals surface area contributed by atoms with Crippen LogP contribution >= 0.6 is 15.9 Å². The van der Waals surface area contributed by atoms with E-state index in [0.29, 0.717) is 28.1 Å². The number of halogens is 7. The van der Waals surface area contributed by atoms with Gasteiger partial charge in [-0.05, 0) is 60.4 Å². The number of rotatable bonds is 10. The molecule has 4 aromatic rings. The first-order valence-corrected chi connectivity index (χ1v) is 14.2. The summed E-state index contributed by atoms with van der Waals surface area (Å²) in [4.78, 5) is 29.9. The molecule has 7 nitrogen and oxygen atoms in total. The zero-order chi connectivity index (χ0) is 31.8. The van der Waals surface area contributed by atoms with Gasteiger partial charge in [-0.15, -0.1) is 0 Å². The second-order valence-electron chi connectivity index (χ2n) is 10.5. The second kappa shape index (κ2) is 12.1. The Morgan fingerprint density at radius 3 is 2.43 bits per heavy atom. The molecule has 1 aliphatic carbocycles. The number of benzene rings is 3. The molecule has 0 atom stereocenters. The third kappa shape index (κ3) is 6.54. The molecule has 1 aliphatic rings. The van der Waals surface area contributed by atoms with Gasteiger partial charge in [-0.25, -0.2) is 18.2 Å². The molecule has 1 heterocycles. The molecule has 1 aromatic heterocycles. The zero-order valence-corrected chi connectivity index (χ0v) is 24.7. The summed E-state index contributed by atoms with van der Waals surface area (Å²) in [6, 6.07) is 13.5. The highest BCUT2D eigenvalue weighted by molar-refractivity contribution is 9.10. The van der Waals surface area contributed by atoms with E-state index >= 15 is 0 Å². The van der Waals surface area contributed by atoms with Crippen LogP contribution in [-0.2, 0) is 24.8 Å². The van der Waals surface area contributed by atoms with Crippen molar-refractivity contribution in [3.05, 3.63) is 87.4 Å². The van der Waals surface area contributed by atoms with Gasteiger partial charge in [0, 0.05) is 36.2 Å². The average molecular weight is 683 g/mol. The minimum atomic E-state index is -4.64. The summed E-state index contributed by atoms with van der Waals surface area (Å²) < 4.78 is 88.3. The van der Waals surface area contributed by atoms with E-state index < -0.39 is 42.3 Å². The van der Waals surface area contributed by atoms with Crippen LogP contribution in [0, 0.1) is 11.2 Å². The Hall–Kier alpha value is -4.07. The Labute approximate surface area is 255 Å².